The molecule has 76 valence electrons. The molecular weight excluding hydrogens is 238 g/mol. The SMILES string of the molecule is N#Cc1nc2cccc(S(=O)(=O)Cl)c2[nH]1. The van der Waals surface area contributed by atoms with Gasteiger partial charge in [0.2, 0.25) is 5.82 Å². The van der Waals surface area contributed by atoms with Gasteiger partial charge in [-0.05, 0) is 12.1 Å². The summed E-state index contributed by atoms with van der Waals surface area (Å²) in [6, 6.07) is 6.25. The van der Waals surface area contributed by atoms with Crippen molar-refractivity contribution >= 4 is 30.8 Å². The van der Waals surface area contributed by atoms with Gasteiger partial charge in [0.05, 0.1) is 11.0 Å². The molecule has 1 aromatic heterocycles. The lowest BCUT2D eigenvalue weighted by Crippen LogP contribution is -1.91. The number of para-hydroxylation sites is 1. The number of hydrogen-bond acceptors (Lipinski definition) is 4. The van der Waals surface area contributed by atoms with Crippen molar-refractivity contribution in [2.45, 2.75) is 4.90 Å². The molecule has 0 unspecified atom stereocenters. The van der Waals surface area contributed by atoms with Gasteiger partial charge in [-0.3, -0.25) is 0 Å². The molecule has 0 saturated carbocycles. The second-order valence-electron chi connectivity index (χ2n) is 2.79. The number of nitrogens with zero attached hydrogens (tertiary/aromatic N) is 2. The van der Waals surface area contributed by atoms with Gasteiger partial charge in [0.15, 0.2) is 0 Å². The van der Waals surface area contributed by atoms with E-state index in [1.807, 2.05) is 0 Å². The van der Waals surface area contributed by atoms with Crippen LogP contribution < -0.4 is 0 Å². The summed E-state index contributed by atoms with van der Waals surface area (Å²) >= 11 is 0. The summed E-state index contributed by atoms with van der Waals surface area (Å²) in [5.41, 5.74) is 0.650. The Morgan fingerprint density at radius 2 is 2.20 bits per heavy atom. The fraction of sp³-hybridized carbons (Fsp3) is 0. The van der Waals surface area contributed by atoms with Gasteiger partial charge in [-0.15, -0.1) is 0 Å². The van der Waals surface area contributed by atoms with Crippen LogP contribution in [0.25, 0.3) is 11.0 Å². The normalized spacial score (nSPS) is 11.5. The molecule has 0 radical (unpaired) electrons. The van der Waals surface area contributed by atoms with Gasteiger partial charge in [-0.25, -0.2) is 13.4 Å². The zero-order chi connectivity index (χ0) is 11.1. The van der Waals surface area contributed by atoms with Crippen molar-refractivity contribution in [3.8, 4) is 6.07 Å². The number of nitrogens with one attached hydrogen (secondary N) is 1. The lowest BCUT2D eigenvalue weighted by Gasteiger charge is -1.95. The van der Waals surface area contributed by atoms with Gasteiger partial charge in [0.25, 0.3) is 9.05 Å². The molecule has 0 aliphatic heterocycles. The smallest absolute Gasteiger partial charge is 0.263 e. The minimum absolute atomic E-state index is 0.0535. The lowest BCUT2D eigenvalue weighted by molar-refractivity contribution is 0.610. The van der Waals surface area contributed by atoms with Crippen LogP contribution in [0.15, 0.2) is 23.1 Å². The third-order valence-electron chi connectivity index (χ3n) is 1.85. The molecule has 2 rings (SSSR count). The second-order valence-corrected chi connectivity index (χ2v) is 5.32. The molecule has 15 heavy (non-hydrogen) atoms. The first-order valence-corrected chi connectivity index (χ1v) is 6.17. The van der Waals surface area contributed by atoms with Crippen LogP contribution in [0.5, 0.6) is 0 Å². The van der Waals surface area contributed by atoms with Crippen molar-refractivity contribution < 1.29 is 8.42 Å². The third kappa shape index (κ3) is 1.67. The maximum atomic E-state index is 11.2. The van der Waals surface area contributed by atoms with Crippen molar-refractivity contribution in [1.82, 2.24) is 9.97 Å². The molecule has 0 spiro atoms. The molecule has 0 amide bonds. The zero-order valence-electron chi connectivity index (χ0n) is 7.23. The summed E-state index contributed by atoms with van der Waals surface area (Å²) in [5, 5.41) is 8.61. The topological polar surface area (TPSA) is 86.6 Å². The quantitative estimate of drug-likeness (QED) is 0.764. The van der Waals surface area contributed by atoms with E-state index in [4.69, 9.17) is 15.9 Å². The van der Waals surface area contributed by atoms with Gasteiger partial charge >= 0.3 is 0 Å². The second kappa shape index (κ2) is 3.22. The highest BCUT2D eigenvalue weighted by Crippen LogP contribution is 2.23. The third-order valence-corrected chi connectivity index (χ3v) is 3.21. The monoisotopic (exact) mass is 241 g/mol. The van der Waals surface area contributed by atoms with Crippen molar-refractivity contribution in [2.24, 2.45) is 0 Å². The number of fused-ring (bicyclic) bond motifs is 1. The average Bonchev–Trinajstić information content (AvgIpc) is 2.57. The van der Waals surface area contributed by atoms with Crippen molar-refractivity contribution in [1.29, 1.82) is 5.26 Å². The van der Waals surface area contributed by atoms with Crippen LogP contribution in [0.3, 0.4) is 0 Å². The fourth-order valence-corrected chi connectivity index (χ4v) is 2.29. The predicted molar refractivity (Wildman–Crippen MR) is 53.8 cm³/mol. The minimum atomic E-state index is -3.83. The lowest BCUT2D eigenvalue weighted by atomic mass is 10.3. The van der Waals surface area contributed by atoms with E-state index in [2.05, 4.69) is 9.97 Å². The maximum absolute atomic E-state index is 11.2. The van der Waals surface area contributed by atoms with E-state index in [1.54, 1.807) is 12.1 Å². The van der Waals surface area contributed by atoms with Gasteiger partial charge in [0.1, 0.15) is 11.0 Å². The highest BCUT2D eigenvalue weighted by Gasteiger charge is 2.16. The number of halogens is 1. The number of rotatable bonds is 1. The summed E-state index contributed by atoms with van der Waals surface area (Å²) < 4.78 is 22.4. The van der Waals surface area contributed by atoms with Crippen LogP contribution >= 0.6 is 10.7 Å². The first-order chi connectivity index (χ1) is 7.02. The number of imidazole rings is 1. The zero-order valence-corrected chi connectivity index (χ0v) is 8.80. The van der Waals surface area contributed by atoms with Gasteiger partial charge < -0.3 is 4.98 Å². The first kappa shape index (κ1) is 9.96. The van der Waals surface area contributed by atoms with E-state index in [0.29, 0.717) is 5.52 Å². The Morgan fingerprint density at radius 3 is 2.80 bits per heavy atom. The molecule has 5 nitrogen and oxygen atoms in total. The molecule has 0 saturated heterocycles. The Hall–Kier alpha value is -1.58. The molecule has 0 aliphatic carbocycles. The Balaban J connectivity index is 2.89. The Kier molecular flexibility index (Phi) is 2.14. The first-order valence-electron chi connectivity index (χ1n) is 3.86. The van der Waals surface area contributed by atoms with Gasteiger partial charge in [0, 0.05) is 10.7 Å². The average molecular weight is 242 g/mol. The molecule has 0 aliphatic rings. The standard InChI is InChI=1S/C8H4ClN3O2S/c9-15(13,14)6-3-1-2-5-8(6)12-7(4-10)11-5/h1-3H,(H,11,12). The van der Waals surface area contributed by atoms with Crippen LogP contribution in [-0.2, 0) is 9.05 Å². The summed E-state index contributed by atoms with van der Waals surface area (Å²) in [6.45, 7) is 0. The molecule has 7 heteroatoms. The summed E-state index contributed by atoms with van der Waals surface area (Å²) in [4.78, 5) is 6.38. The number of aromatic amines is 1. The predicted octanol–water partition coefficient (Wildman–Crippen LogP) is 1.36. The largest absolute Gasteiger partial charge is 0.328 e. The summed E-state index contributed by atoms with van der Waals surface area (Å²) in [7, 11) is 1.40. The van der Waals surface area contributed by atoms with Crippen molar-refractivity contribution in [3.63, 3.8) is 0 Å². The minimum Gasteiger partial charge on any atom is -0.328 e. The Labute approximate surface area is 89.7 Å². The van der Waals surface area contributed by atoms with Crippen molar-refractivity contribution in [2.75, 3.05) is 0 Å². The number of benzene rings is 1. The van der Waals surface area contributed by atoms with E-state index in [-0.39, 0.29) is 16.2 Å². The van der Waals surface area contributed by atoms with Gasteiger partial charge in [-0.2, -0.15) is 5.26 Å². The number of hydrogen-bond donors (Lipinski definition) is 1. The van der Waals surface area contributed by atoms with Crippen LogP contribution in [0.2, 0.25) is 0 Å². The Morgan fingerprint density at radius 1 is 1.47 bits per heavy atom. The van der Waals surface area contributed by atoms with E-state index >= 15 is 0 Å². The molecule has 1 N–H and O–H groups in total. The van der Waals surface area contributed by atoms with Gasteiger partial charge in [-0.1, -0.05) is 6.07 Å². The highest BCUT2D eigenvalue weighted by atomic mass is 35.7. The number of nitriles is 1. The summed E-state index contributed by atoms with van der Waals surface area (Å²) in [6.07, 6.45) is 0. The van der Waals surface area contributed by atoms with E-state index < -0.39 is 9.05 Å². The van der Waals surface area contributed by atoms with Crippen LogP contribution in [0.4, 0.5) is 0 Å². The van der Waals surface area contributed by atoms with Crippen LogP contribution in [0, 0.1) is 11.3 Å². The maximum Gasteiger partial charge on any atom is 0.263 e. The molecular formula is C8H4ClN3O2S. The molecule has 2 aromatic rings. The highest BCUT2D eigenvalue weighted by molar-refractivity contribution is 8.14. The number of aromatic nitrogens is 2. The molecule has 1 heterocycles. The van der Waals surface area contributed by atoms with E-state index in [0.717, 1.165) is 0 Å². The Bertz CT molecular complexity index is 669. The van der Waals surface area contributed by atoms with E-state index in [1.165, 1.54) is 12.1 Å². The molecule has 0 atom stereocenters. The fourth-order valence-electron chi connectivity index (χ4n) is 1.26. The molecule has 0 bridgehead atoms. The van der Waals surface area contributed by atoms with Crippen LogP contribution in [-0.4, -0.2) is 18.4 Å². The van der Waals surface area contributed by atoms with Crippen LogP contribution in [0.1, 0.15) is 5.82 Å². The summed E-state index contributed by atoms with van der Waals surface area (Å²) in [5.74, 6) is 0.0535. The van der Waals surface area contributed by atoms with Crippen molar-refractivity contribution in [3.05, 3.63) is 24.0 Å². The van der Waals surface area contributed by atoms with E-state index in [9.17, 15) is 8.42 Å². The number of H-pyrrole nitrogens is 1. The molecule has 1 aromatic carbocycles. The molecule has 0 fully saturated rings.